The van der Waals surface area contributed by atoms with Gasteiger partial charge in [-0.25, -0.2) is 13.2 Å². The van der Waals surface area contributed by atoms with Gasteiger partial charge in [0.25, 0.3) is 0 Å². The summed E-state index contributed by atoms with van der Waals surface area (Å²) < 4.78 is 30.7. The maximum absolute atomic E-state index is 12.3. The third-order valence-corrected chi connectivity index (χ3v) is 4.78. The molecule has 1 fully saturated rings. The Bertz CT molecular complexity index is 700. The Labute approximate surface area is 149 Å². The van der Waals surface area contributed by atoms with Gasteiger partial charge in [-0.3, -0.25) is 4.72 Å². The van der Waals surface area contributed by atoms with E-state index in [2.05, 4.69) is 10.0 Å². The predicted octanol–water partition coefficient (Wildman–Crippen LogP) is 2.79. The minimum Gasteiger partial charge on any atom is -0.378 e. The molecular formula is C17H27N3O4S. The summed E-state index contributed by atoms with van der Waals surface area (Å²) in [7, 11) is -1.61. The monoisotopic (exact) mass is 369 g/mol. The van der Waals surface area contributed by atoms with E-state index in [1.807, 2.05) is 6.92 Å². The van der Waals surface area contributed by atoms with E-state index in [0.717, 1.165) is 44.1 Å². The molecule has 2 N–H and O–H groups in total. The lowest BCUT2D eigenvalue weighted by Crippen LogP contribution is -2.32. The van der Waals surface area contributed by atoms with Crippen LogP contribution in [-0.2, 0) is 14.8 Å². The molecule has 0 aliphatic carbocycles. The molecule has 1 unspecified atom stereocenters. The highest BCUT2D eigenvalue weighted by Gasteiger charge is 2.16. The number of nitrogens with one attached hydrogen (secondary N) is 2. The van der Waals surface area contributed by atoms with Gasteiger partial charge in [-0.05, 0) is 50.3 Å². The second-order valence-electron chi connectivity index (χ2n) is 6.53. The molecule has 0 aromatic heterocycles. The quantitative estimate of drug-likeness (QED) is 0.774. The molecule has 1 heterocycles. The molecule has 1 atom stereocenters. The number of urea groups is 1. The van der Waals surface area contributed by atoms with Gasteiger partial charge in [-0.2, -0.15) is 0 Å². The number of carbonyl (C=O) groups is 1. The van der Waals surface area contributed by atoms with Gasteiger partial charge in [0.05, 0.1) is 18.0 Å². The van der Waals surface area contributed by atoms with Crippen LogP contribution in [0.15, 0.2) is 18.2 Å². The predicted molar refractivity (Wildman–Crippen MR) is 99.5 cm³/mol. The number of ether oxygens (including phenoxy) is 1. The van der Waals surface area contributed by atoms with Crippen LogP contribution in [0, 0.1) is 6.92 Å². The highest BCUT2D eigenvalue weighted by molar-refractivity contribution is 7.92. The first kappa shape index (κ1) is 19.5. The summed E-state index contributed by atoms with van der Waals surface area (Å²) in [6.07, 6.45) is 5.51. The molecule has 1 aliphatic rings. The van der Waals surface area contributed by atoms with E-state index in [0.29, 0.717) is 24.0 Å². The van der Waals surface area contributed by atoms with Crippen molar-refractivity contribution in [3.8, 4) is 0 Å². The first-order chi connectivity index (χ1) is 11.7. The summed E-state index contributed by atoms with van der Waals surface area (Å²) in [6, 6.07) is 4.83. The second-order valence-corrected chi connectivity index (χ2v) is 8.28. The number of rotatable bonds is 7. The zero-order valence-electron chi connectivity index (χ0n) is 15.0. The number of hydrogen-bond donors (Lipinski definition) is 2. The minimum absolute atomic E-state index is 0.216. The summed E-state index contributed by atoms with van der Waals surface area (Å²) in [5.74, 6) is 0. The number of benzene rings is 1. The molecule has 25 heavy (non-hydrogen) atoms. The normalized spacial score (nSPS) is 17.3. The lowest BCUT2D eigenvalue weighted by molar-refractivity contribution is 0.101. The summed E-state index contributed by atoms with van der Waals surface area (Å²) in [6.45, 7) is 3.35. The van der Waals surface area contributed by atoms with E-state index in [4.69, 9.17) is 4.74 Å². The van der Waals surface area contributed by atoms with Crippen molar-refractivity contribution in [3.63, 3.8) is 0 Å². The van der Waals surface area contributed by atoms with Gasteiger partial charge >= 0.3 is 6.03 Å². The molecule has 0 radical (unpaired) electrons. The zero-order valence-corrected chi connectivity index (χ0v) is 15.9. The number of amides is 2. The number of hydrogen-bond acceptors (Lipinski definition) is 4. The Balaban J connectivity index is 1.88. The van der Waals surface area contributed by atoms with Crippen LogP contribution in [-0.4, -0.2) is 51.9 Å². The molecule has 2 rings (SSSR count). The van der Waals surface area contributed by atoms with Crippen LogP contribution in [0.5, 0.6) is 0 Å². The van der Waals surface area contributed by atoms with E-state index in [9.17, 15) is 13.2 Å². The van der Waals surface area contributed by atoms with Crippen LogP contribution in [0.3, 0.4) is 0 Å². The van der Waals surface area contributed by atoms with Crippen molar-refractivity contribution in [2.45, 2.75) is 38.7 Å². The third kappa shape index (κ3) is 6.55. The van der Waals surface area contributed by atoms with E-state index >= 15 is 0 Å². The largest absolute Gasteiger partial charge is 0.378 e. The Morgan fingerprint density at radius 2 is 2.16 bits per heavy atom. The number of sulfonamides is 1. The highest BCUT2D eigenvalue weighted by Crippen LogP contribution is 2.21. The smallest absolute Gasteiger partial charge is 0.321 e. The third-order valence-electron chi connectivity index (χ3n) is 4.17. The van der Waals surface area contributed by atoms with Crippen molar-refractivity contribution in [1.82, 2.24) is 4.90 Å². The lowest BCUT2D eigenvalue weighted by atomic mass is 10.1. The Morgan fingerprint density at radius 1 is 1.40 bits per heavy atom. The number of aryl methyl sites for hydroxylation is 1. The van der Waals surface area contributed by atoms with Gasteiger partial charge in [0.2, 0.25) is 10.0 Å². The van der Waals surface area contributed by atoms with Crippen LogP contribution in [0.2, 0.25) is 0 Å². The molecule has 1 aromatic rings. The molecule has 2 amide bonds. The topological polar surface area (TPSA) is 87.7 Å². The molecule has 1 aromatic carbocycles. The van der Waals surface area contributed by atoms with Crippen molar-refractivity contribution >= 4 is 27.4 Å². The van der Waals surface area contributed by atoms with Crippen molar-refractivity contribution in [2.24, 2.45) is 0 Å². The standard InChI is InChI=1S/C17H27N3O4S/c1-13-8-9-14(19-25(3,22)23)12-16(13)18-17(21)20(2)10-4-6-15-7-5-11-24-15/h8-9,12,15,19H,4-7,10-11H2,1-3H3,(H,18,21). The molecule has 0 bridgehead atoms. The van der Waals surface area contributed by atoms with E-state index in [1.165, 1.54) is 0 Å². The molecule has 7 nitrogen and oxygen atoms in total. The summed E-state index contributed by atoms with van der Waals surface area (Å²) >= 11 is 0. The molecule has 140 valence electrons. The molecule has 1 saturated heterocycles. The van der Waals surface area contributed by atoms with Crippen molar-refractivity contribution in [3.05, 3.63) is 23.8 Å². The Hall–Kier alpha value is -1.80. The number of nitrogens with zero attached hydrogens (tertiary/aromatic N) is 1. The molecule has 8 heteroatoms. The summed E-state index contributed by atoms with van der Waals surface area (Å²) in [5, 5.41) is 2.84. The fourth-order valence-electron chi connectivity index (χ4n) is 2.77. The van der Waals surface area contributed by atoms with Gasteiger partial charge in [0, 0.05) is 25.9 Å². The minimum atomic E-state index is -3.36. The average molecular weight is 369 g/mol. The molecular weight excluding hydrogens is 342 g/mol. The van der Waals surface area contributed by atoms with E-state index in [-0.39, 0.29) is 6.03 Å². The van der Waals surface area contributed by atoms with E-state index < -0.39 is 10.0 Å². The van der Waals surface area contributed by atoms with Crippen molar-refractivity contribution in [1.29, 1.82) is 0 Å². The first-order valence-electron chi connectivity index (χ1n) is 8.47. The average Bonchev–Trinajstić information content (AvgIpc) is 3.02. The van der Waals surface area contributed by atoms with Crippen LogP contribution in [0.25, 0.3) is 0 Å². The van der Waals surface area contributed by atoms with Gasteiger partial charge < -0.3 is 15.0 Å². The lowest BCUT2D eigenvalue weighted by Gasteiger charge is -2.20. The van der Waals surface area contributed by atoms with Crippen molar-refractivity contribution < 1.29 is 17.9 Å². The Kier molecular flexibility index (Phi) is 6.66. The summed E-state index contributed by atoms with van der Waals surface area (Å²) in [4.78, 5) is 14.0. The summed E-state index contributed by atoms with van der Waals surface area (Å²) in [5.41, 5.74) is 1.87. The maximum atomic E-state index is 12.3. The van der Waals surface area contributed by atoms with E-state index in [1.54, 1.807) is 30.1 Å². The zero-order chi connectivity index (χ0) is 18.4. The van der Waals surface area contributed by atoms with Gasteiger partial charge in [-0.15, -0.1) is 0 Å². The molecule has 0 saturated carbocycles. The van der Waals surface area contributed by atoms with Gasteiger partial charge in [0.15, 0.2) is 0 Å². The fourth-order valence-corrected chi connectivity index (χ4v) is 3.33. The number of anilines is 2. The van der Waals surface area contributed by atoms with Crippen LogP contribution in [0.4, 0.5) is 16.2 Å². The van der Waals surface area contributed by atoms with Gasteiger partial charge in [0.1, 0.15) is 0 Å². The van der Waals surface area contributed by atoms with Crippen LogP contribution >= 0.6 is 0 Å². The van der Waals surface area contributed by atoms with Gasteiger partial charge in [-0.1, -0.05) is 6.07 Å². The fraction of sp³-hybridized carbons (Fsp3) is 0.588. The van der Waals surface area contributed by atoms with Crippen LogP contribution in [0.1, 0.15) is 31.2 Å². The van der Waals surface area contributed by atoms with Crippen LogP contribution < -0.4 is 10.0 Å². The number of carbonyl (C=O) groups excluding carboxylic acids is 1. The highest BCUT2D eigenvalue weighted by atomic mass is 32.2. The first-order valence-corrected chi connectivity index (χ1v) is 10.4. The molecule has 1 aliphatic heterocycles. The SMILES string of the molecule is Cc1ccc(NS(C)(=O)=O)cc1NC(=O)N(C)CCCC1CCCO1. The van der Waals surface area contributed by atoms with Crippen molar-refractivity contribution in [2.75, 3.05) is 36.5 Å². The molecule has 0 spiro atoms. The Morgan fingerprint density at radius 3 is 2.80 bits per heavy atom. The maximum Gasteiger partial charge on any atom is 0.321 e. The second kappa shape index (κ2) is 8.53.